The molecule has 8 nitrogen and oxygen atoms in total. The summed E-state index contributed by atoms with van der Waals surface area (Å²) in [6.07, 6.45) is 1.20. The molecule has 0 radical (unpaired) electrons. The first-order valence-electron chi connectivity index (χ1n) is 6.10. The third kappa shape index (κ3) is 5.01. The van der Waals surface area contributed by atoms with Crippen molar-refractivity contribution in [2.45, 2.75) is 6.92 Å². The van der Waals surface area contributed by atoms with Gasteiger partial charge >= 0.3 is 12.2 Å². The van der Waals surface area contributed by atoms with E-state index in [0.29, 0.717) is 18.1 Å². The Morgan fingerprint density at radius 1 is 1.33 bits per heavy atom. The fourth-order valence-corrected chi connectivity index (χ4v) is 1.33. The summed E-state index contributed by atoms with van der Waals surface area (Å²) in [5.41, 5.74) is 2.69. The van der Waals surface area contributed by atoms with Crippen molar-refractivity contribution in [3.63, 3.8) is 0 Å². The summed E-state index contributed by atoms with van der Waals surface area (Å²) in [4.78, 5) is 27.0. The number of aromatic nitrogens is 1. The number of hydrogen-bond donors (Lipinski definition) is 1. The highest BCUT2D eigenvalue weighted by molar-refractivity contribution is 5.76. The summed E-state index contributed by atoms with van der Waals surface area (Å²) in [5.74, 6) is 0.292. The zero-order chi connectivity index (χ0) is 15.7. The molecule has 1 N–H and O–H groups in total. The second-order valence-electron chi connectivity index (χ2n) is 3.58. The van der Waals surface area contributed by atoms with Gasteiger partial charge in [0.25, 0.3) is 0 Å². The van der Waals surface area contributed by atoms with E-state index in [1.807, 2.05) is 0 Å². The number of pyridine rings is 1. The van der Waals surface area contributed by atoms with Gasteiger partial charge in [-0.05, 0) is 19.1 Å². The molecule has 8 heteroatoms. The first kappa shape index (κ1) is 16.3. The Bertz CT molecular complexity index is 504. The van der Waals surface area contributed by atoms with E-state index in [1.54, 1.807) is 31.3 Å². The van der Waals surface area contributed by atoms with E-state index >= 15 is 0 Å². The van der Waals surface area contributed by atoms with Crippen LogP contribution in [0.2, 0.25) is 0 Å². The van der Waals surface area contributed by atoms with E-state index in [4.69, 9.17) is 4.74 Å². The molecular formula is C13H17N3O5. The number of carbonyl (C=O) groups is 2. The largest absolute Gasteiger partial charge is 0.490 e. The van der Waals surface area contributed by atoms with Crippen LogP contribution < -0.4 is 5.43 Å². The SMILES string of the molecule is CCO/C(=C/N(NC(=O)OC)C(=O)OC)c1ccccn1. The second-order valence-corrected chi connectivity index (χ2v) is 3.58. The lowest BCUT2D eigenvalue weighted by Crippen LogP contribution is -2.42. The van der Waals surface area contributed by atoms with Gasteiger partial charge in [0.05, 0.1) is 27.0 Å². The summed E-state index contributed by atoms with van der Waals surface area (Å²) in [6.45, 7) is 2.14. The molecule has 1 rings (SSSR count). The van der Waals surface area contributed by atoms with Crippen LogP contribution in [0.5, 0.6) is 0 Å². The smallest absolute Gasteiger partial charge is 0.432 e. The molecule has 0 atom stereocenters. The van der Waals surface area contributed by atoms with Crippen molar-refractivity contribution in [3.8, 4) is 0 Å². The van der Waals surface area contributed by atoms with E-state index in [-0.39, 0.29) is 0 Å². The van der Waals surface area contributed by atoms with Crippen LogP contribution in [0.25, 0.3) is 5.76 Å². The Morgan fingerprint density at radius 2 is 2.10 bits per heavy atom. The number of carbonyl (C=O) groups excluding carboxylic acids is 2. The topological polar surface area (TPSA) is 90.0 Å². The molecule has 21 heavy (non-hydrogen) atoms. The highest BCUT2D eigenvalue weighted by Crippen LogP contribution is 2.13. The second kappa shape index (κ2) is 8.41. The molecule has 0 aliphatic heterocycles. The van der Waals surface area contributed by atoms with Gasteiger partial charge in [0.1, 0.15) is 5.69 Å². The molecule has 0 spiro atoms. The lowest BCUT2D eigenvalue weighted by molar-refractivity contribution is 0.108. The molecule has 0 bridgehead atoms. The Labute approximate surface area is 122 Å². The molecule has 1 aromatic heterocycles. The number of methoxy groups -OCH3 is 2. The van der Waals surface area contributed by atoms with Gasteiger partial charge in [0.15, 0.2) is 5.76 Å². The van der Waals surface area contributed by atoms with Crippen LogP contribution in [0.4, 0.5) is 9.59 Å². The minimum atomic E-state index is -0.825. The van der Waals surface area contributed by atoms with E-state index < -0.39 is 12.2 Å². The van der Waals surface area contributed by atoms with Crippen molar-refractivity contribution in [2.24, 2.45) is 0 Å². The lowest BCUT2D eigenvalue weighted by atomic mass is 10.3. The van der Waals surface area contributed by atoms with E-state index in [2.05, 4.69) is 19.9 Å². The molecule has 1 aromatic rings. The van der Waals surface area contributed by atoms with Crippen LogP contribution in [0.3, 0.4) is 0 Å². The molecule has 0 aliphatic carbocycles. The molecule has 0 unspecified atom stereocenters. The number of hydrazine groups is 1. The van der Waals surface area contributed by atoms with E-state index in [9.17, 15) is 9.59 Å². The van der Waals surface area contributed by atoms with E-state index in [1.165, 1.54) is 20.4 Å². The van der Waals surface area contributed by atoms with Crippen molar-refractivity contribution < 1.29 is 23.8 Å². The van der Waals surface area contributed by atoms with Gasteiger partial charge in [0.2, 0.25) is 0 Å². The Balaban J connectivity index is 3.07. The minimum Gasteiger partial charge on any atom is -0.490 e. The van der Waals surface area contributed by atoms with E-state index in [0.717, 1.165) is 5.01 Å². The molecule has 1 heterocycles. The zero-order valence-electron chi connectivity index (χ0n) is 12.0. The number of ether oxygens (including phenoxy) is 3. The van der Waals surface area contributed by atoms with Crippen molar-refractivity contribution in [3.05, 3.63) is 36.3 Å². The first-order valence-corrected chi connectivity index (χ1v) is 6.10. The molecule has 114 valence electrons. The van der Waals surface area contributed by atoms with Gasteiger partial charge in [-0.2, -0.15) is 5.01 Å². The summed E-state index contributed by atoms with van der Waals surface area (Å²) >= 11 is 0. The summed E-state index contributed by atoms with van der Waals surface area (Å²) in [7, 11) is 2.36. The standard InChI is InChI=1S/C13H17N3O5/c1-4-21-11(10-7-5-6-8-14-10)9-16(13(18)20-3)15-12(17)19-2/h5-9H,4H2,1-3H3,(H,15,17)/b11-9+. The van der Waals surface area contributed by atoms with Gasteiger partial charge in [-0.1, -0.05) is 6.07 Å². The van der Waals surface area contributed by atoms with Crippen LogP contribution >= 0.6 is 0 Å². The Morgan fingerprint density at radius 3 is 2.62 bits per heavy atom. The van der Waals surface area contributed by atoms with Crippen molar-refractivity contribution in [1.29, 1.82) is 0 Å². The van der Waals surface area contributed by atoms with Crippen LogP contribution in [0, 0.1) is 0 Å². The maximum atomic E-state index is 11.6. The predicted octanol–water partition coefficient (Wildman–Crippen LogP) is 1.76. The summed E-state index contributed by atoms with van der Waals surface area (Å²) in [6, 6.07) is 5.22. The summed E-state index contributed by atoms with van der Waals surface area (Å²) in [5, 5.41) is 0.811. The highest BCUT2D eigenvalue weighted by Gasteiger charge is 2.17. The quantitative estimate of drug-likeness (QED) is 0.672. The fourth-order valence-electron chi connectivity index (χ4n) is 1.33. The fraction of sp³-hybridized carbons (Fsp3) is 0.308. The molecule has 0 aromatic carbocycles. The molecule has 0 fully saturated rings. The van der Waals surface area contributed by atoms with Gasteiger partial charge in [-0.15, -0.1) is 0 Å². The predicted molar refractivity (Wildman–Crippen MR) is 73.6 cm³/mol. The zero-order valence-corrected chi connectivity index (χ0v) is 12.0. The highest BCUT2D eigenvalue weighted by atomic mass is 16.6. The summed E-state index contributed by atoms with van der Waals surface area (Å²) < 4.78 is 14.4. The number of hydrogen-bond acceptors (Lipinski definition) is 6. The third-order valence-corrected chi connectivity index (χ3v) is 2.23. The van der Waals surface area contributed by atoms with Crippen LogP contribution in [-0.4, -0.2) is 43.0 Å². The molecular weight excluding hydrogens is 278 g/mol. The van der Waals surface area contributed by atoms with Gasteiger partial charge in [0, 0.05) is 6.20 Å². The lowest BCUT2D eigenvalue weighted by Gasteiger charge is -2.18. The Hall–Kier alpha value is -2.77. The maximum absolute atomic E-state index is 11.6. The number of nitrogens with zero attached hydrogens (tertiary/aromatic N) is 2. The third-order valence-electron chi connectivity index (χ3n) is 2.23. The molecule has 0 aliphatic rings. The normalized spacial score (nSPS) is 10.5. The molecule has 0 saturated heterocycles. The minimum absolute atomic E-state index is 0.292. The average molecular weight is 295 g/mol. The molecule has 2 amide bonds. The van der Waals surface area contributed by atoms with Gasteiger partial charge in [-0.3, -0.25) is 4.98 Å². The monoisotopic (exact) mass is 295 g/mol. The van der Waals surface area contributed by atoms with Crippen LogP contribution in [0.1, 0.15) is 12.6 Å². The first-order chi connectivity index (χ1) is 10.1. The van der Waals surface area contributed by atoms with Gasteiger partial charge in [-0.25, -0.2) is 15.0 Å². The molecule has 0 saturated carbocycles. The van der Waals surface area contributed by atoms with Crippen molar-refractivity contribution in [1.82, 2.24) is 15.4 Å². The average Bonchev–Trinajstić information content (AvgIpc) is 2.53. The Kier molecular flexibility index (Phi) is 6.52. The van der Waals surface area contributed by atoms with Gasteiger partial charge < -0.3 is 14.2 Å². The van der Waals surface area contributed by atoms with Crippen LogP contribution in [-0.2, 0) is 14.2 Å². The van der Waals surface area contributed by atoms with Crippen molar-refractivity contribution >= 4 is 17.9 Å². The number of amides is 2. The number of nitrogens with one attached hydrogen (secondary N) is 1. The number of rotatable bonds is 4. The van der Waals surface area contributed by atoms with Crippen LogP contribution in [0.15, 0.2) is 30.6 Å². The maximum Gasteiger partial charge on any atom is 0.432 e. The van der Waals surface area contributed by atoms with Crippen molar-refractivity contribution in [2.75, 3.05) is 20.8 Å².